The largest absolute Gasteiger partial charge is 0.491 e. The monoisotopic (exact) mass is 352 g/mol. The molecule has 1 heterocycles. The predicted octanol–water partition coefficient (Wildman–Crippen LogP) is 4.76. The van der Waals surface area contributed by atoms with E-state index in [0.717, 1.165) is 17.0 Å². The van der Waals surface area contributed by atoms with E-state index in [0.29, 0.717) is 18.3 Å². The summed E-state index contributed by atoms with van der Waals surface area (Å²) in [6, 6.07) is 15.8. The first kappa shape index (κ1) is 17.7. The van der Waals surface area contributed by atoms with Crippen LogP contribution < -0.4 is 15.4 Å². The fourth-order valence-electron chi connectivity index (χ4n) is 2.33. The Balaban J connectivity index is 1.60. The number of anilines is 3. The number of nitrogens with one attached hydrogen (secondary N) is 2. The van der Waals surface area contributed by atoms with Crippen LogP contribution in [0, 0.1) is 5.82 Å². The van der Waals surface area contributed by atoms with Gasteiger partial charge in [0.2, 0.25) is 5.95 Å². The Hall–Kier alpha value is -3.15. The number of halogens is 1. The first-order chi connectivity index (χ1) is 12.6. The van der Waals surface area contributed by atoms with Gasteiger partial charge in [0.25, 0.3) is 0 Å². The Bertz CT molecular complexity index is 835. The highest BCUT2D eigenvalue weighted by atomic mass is 19.1. The maximum absolute atomic E-state index is 12.9. The minimum atomic E-state index is -0.243. The minimum Gasteiger partial charge on any atom is -0.491 e. The fourth-order valence-corrected chi connectivity index (χ4v) is 2.33. The third kappa shape index (κ3) is 5.17. The summed E-state index contributed by atoms with van der Waals surface area (Å²) >= 11 is 0. The third-order valence-electron chi connectivity index (χ3n) is 3.52. The second kappa shape index (κ2) is 8.29. The van der Waals surface area contributed by atoms with Crippen LogP contribution in [0.1, 0.15) is 19.4 Å². The van der Waals surface area contributed by atoms with Gasteiger partial charge in [0, 0.05) is 18.4 Å². The lowest BCUT2D eigenvalue weighted by atomic mass is 10.2. The Kier molecular flexibility index (Phi) is 5.63. The summed E-state index contributed by atoms with van der Waals surface area (Å²) in [5, 5.41) is 6.37. The summed E-state index contributed by atoms with van der Waals surface area (Å²) < 4.78 is 18.6. The molecule has 0 amide bonds. The van der Waals surface area contributed by atoms with Crippen molar-refractivity contribution in [3.8, 4) is 5.75 Å². The fraction of sp³-hybridized carbons (Fsp3) is 0.200. The Morgan fingerprint density at radius 1 is 1.00 bits per heavy atom. The van der Waals surface area contributed by atoms with Crippen LogP contribution in [0.4, 0.5) is 21.8 Å². The number of aromatic nitrogens is 2. The molecule has 0 fully saturated rings. The van der Waals surface area contributed by atoms with Crippen molar-refractivity contribution in [3.63, 3.8) is 0 Å². The van der Waals surface area contributed by atoms with Crippen molar-refractivity contribution in [3.05, 3.63) is 72.2 Å². The van der Waals surface area contributed by atoms with Crippen LogP contribution in [0.15, 0.2) is 60.8 Å². The molecule has 5 nitrogen and oxygen atoms in total. The molecule has 2 N–H and O–H groups in total. The van der Waals surface area contributed by atoms with Gasteiger partial charge >= 0.3 is 0 Å². The summed E-state index contributed by atoms with van der Waals surface area (Å²) in [4.78, 5) is 8.66. The Labute approximate surface area is 152 Å². The van der Waals surface area contributed by atoms with Gasteiger partial charge in [-0.05, 0) is 61.9 Å². The van der Waals surface area contributed by atoms with E-state index >= 15 is 0 Å². The average Bonchev–Trinajstić information content (AvgIpc) is 2.63. The molecule has 0 atom stereocenters. The summed E-state index contributed by atoms with van der Waals surface area (Å²) in [7, 11) is 0. The first-order valence-electron chi connectivity index (χ1n) is 8.43. The SMILES string of the molecule is CC(C)Oc1ccc(Nc2nccc(NCc3ccc(F)cc3)n2)cc1. The van der Waals surface area contributed by atoms with Gasteiger partial charge in [0.15, 0.2) is 0 Å². The van der Waals surface area contributed by atoms with Crippen LogP contribution in [0.25, 0.3) is 0 Å². The summed E-state index contributed by atoms with van der Waals surface area (Å²) in [6.07, 6.45) is 1.82. The standard InChI is InChI=1S/C20H21FN4O/c1-14(2)26-18-9-7-17(8-10-18)24-20-22-12-11-19(25-20)23-13-15-3-5-16(21)6-4-15/h3-12,14H,13H2,1-2H3,(H2,22,23,24,25). The minimum absolute atomic E-state index is 0.140. The molecule has 6 heteroatoms. The molecule has 134 valence electrons. The van der Waals surface area contributed by atoms with E-state index in [1.807, 2.05) is 38.1 Å². The smallest absolute Gasteiger partial charge is 0.229 e. The number of nitrogens with zero attached hydrogens (tertiary/aromatic N) is 2. The van der Waals surface area contributed by atoms with Crippen LogP contribution in [0.3, 0.4) is 0 Å². The van der Waals surface area contributed by atoms with Crippen molar-refractivity contribution in [2.75, 3.05) is 10.6 Å². The van der Waals surface area contributed by atoms with Gasteiger partial charge in [-0.15, -0.1) is 0 Å². The van der Waals surface area contributed by atoms with Crippen LogP contribution in [0.5, 0.6) is 5.75 Å². The number of ether oxygens (including phenoxy) is 1. The average molecular weight is 352 g/mol. The lowest BCUT2D eigenvalue weighted by Gasteiger charge is -2.11. The highest BCUT2D eigenvalue weighted by molar-refractivity contribution is 5.55. The van der Waals surface area contributed by atoms with Gasteiger partial charge in [-0.25, -0.2) is 9.37 Å². The molecule has 0 bridgehead atoms. The van der Waals surface area contributed by atoms with Crippen LogP contribution in [0.2, 0.25) is 0 Å². The van der Waals surface area contributed by atoms with Crippen LogP contribution in [-0.2, 0) is 6.54 Å². The Morgan fingerprint density at radius 3 is 2.42 bits per heavy atom. The normalized spacial score (nSPS) is 10.6. The molecule has 3 aromatic rings. The second-order valence-corrected chi connectivity index (χ2v) is 6.06. The lowest BCUT2D eigenvalue weighted by Crippen LogP contribution is -2.05. The molecule has 26 heavy (non-hydrogen) atoms. The van der Waals surface area contributed by atoms with E-state index < -0.39 is 0 Å². The highest BCUT2D eigenvalue weighted by Gasteiger charge is 2.02. The maximum atomic E-state index is 12.9. The van der Waals surface area contributed by atoms with Crippen molar-refractivity contribution in [1.29, 1.82) is 0 Å². The van der Waals surface area contributed by atoms with Gasteiger partial charge in [0.05, 0.1) is 6.10 Å². The van der Waals surface area contributed by atoms with Gasteiger partial charge in [-0.2, -0.15) is 4.98 Å². The second-order valence-electron chi connectivity index (χ2n) is 6.06. The quantitative estimate of drug-likeness (QED) is 0.642. The van der Waals surface area contributed by atoms with Crippen LogP contribution in [-0.4, -0.2) is 16.1 Å². The van der Waals surface area contributed by atoms with E-state index in [4.69, 9.17) is 4.74 Å². The van der Waals surface area contributed by atoms with Gasteiger partial charge in [0.1, 0.15) is 17.4 Å². The Morgan fingerprint density at radius 2 is 1.73 bits per heavy atom. The molecule has 0 unspecified atom stereocenters. The number of hydrogen-bond donors (Lipinski definition) is 2. The van der Waals surface area contributed by atoms with E-state index in [-0.39, 0.29) is 11.9 Å². The van der Waals surface area contributed by atoms with E-state index in [2.05, 4.69) is 20.6 Å². The predicted molar refractivity (Wildman–Crippen MR) is 101 cm³/mol. The zero-order chi connectivity index (χ0) is 18.4. The molecule has 0 aliphatic heterocycles. The third-order valence-corrected chi connectivity index (χ3v) is 3.52. The van der Waals surface area contributed by atoms with Crippen molar-refractivity contribution < 1.29 is 9.13 Å². The maximum Gasteiger partial charge on any atom is 0.229 e. The molecule has 3 rings (SSSR count). The molecular weight excluding hydrogens is 331 g/mol. The molecule has 0 saturated carbocycles. The van der Waals surface area contributed by atoms with Crippen molar-refractivity contribution in [1.82, 2.24) is 9.97 Å². The first-order valence-corrected chi connectivity index (χ1v) is 8.43. The molecule has 2 aromatic carbocycles. The van der Waals surface area contributed by atoms with E-state index in [1.54, 1.807) is 24.4 Å². The van der Waals surface area contributed by atoms with Gasteiger partial charge in [-0.3, -0.25) is 0 Å². The number of rotatable bonds is 7. The molecule has 1 aromatic heterocycles. The van der Waals surface area contributed by atoms with E-state index in [1.165, 1.54) is 12.1 Å². The summed E-state index contributed by atoms with van der Waals surface area (Å²) in [5.74, 6) is 1.76. The summed E-state index contributed by atoms with van der Waals surface area (Å²) in [6.45, 7) is 4.53. The lowest BCUT2D eigenvalue weighted by molar-refractivity contribution is 0.242. The zero-order valence-electron chi connectivity index (χ0n) is 14.7. The summed E-state index contributed by atoms with van der Waals surface area (Å²) in [5.41, 5.74) is 1.84. The molecule has 0 radical (unpaired) electrons. The van der Waals surface area contributed by atoms with Crippen molar-refractivity contribution in [2.45, 2.75) is 26.5 Å². The number of hydrogen-bond acceptors (Lipinski definition) is 5. The van der Waals surface area contributed by atoms with Crippen molar-refractivity contribution >= 4 is 17.5 Å². The van der Waals surface area contributed by atoms with E-state index in [9.17, 15) is 4.39 Å². The number of benzene rings is 2. The molecule has 0 aliphatic carbocycles. The highest BCUT2D eigenvalue weighted by Crippen LogP contribution is 2.19. The zero-order valence-corrected chi connectivity index (χ0v) is 14.7. The molecule has 0 spiro atoms. The molecular formula is C20H21FN4O. The molecule has 0 saturated heterocycles. The van der Waals surface area contributed by atoms with Gasteiger partial charge < -0.3 is 15.4 Å². The molecule has 0 aliphatic rings. The topological polar surface area (TPSA) is 59.1 Å². The van der Waals surface area contributed by atoms with Crippen LogP contribution >= 0.6 is 0 Å². The van der Waals surface area contributed by atoms with Gasteiger partial charge in [-0.1, -0.05) is 12.1 Å². The van der Waals surface area contributed by atoms with Crippen molar-refractivity contribution in [2.24, 2.45) is 0 Å².